The highest BCUT2D eigenvalue weighted by Gasteiger charge is 2.50. The topological polar surface area (TPSA) is 80.0 Å². The second-order valence-electron chi connectivity index (χ2n) is 8.34. The summed E-state index contributed by atoms with van der Waals surface area (Å²) in [7, 11) is 0. The number of nitrogens with zero attached hydrogens (tertiary/aromatic N) is 3. The fourth-order valence-corrected chi connectivity index (χ4v) is 3.73. The first kappa shape index (κ1) is 17.1. The molecule has 0 spiro atoms. The molecule has 2 aromatic rings. The molecule has 26 heavy (non-hydrogen) atoms. The zero-order valence-corrected chi connectivity index (χ0v) is 15.2. The Labute approximate surface area is 151 Å². The monoisotopic (exact) mass is 358 g/mol. The number of aliphatic hydroxyl groups excluding tert-OH is 1. The first-order chi connectivity index (χ1) is 12.3. The predicted molar refractivity (Wildman–Crippen MR) is 93.7 cm³/mol. The van der Waals surface area contributed by atoms with Crippen LogP contribution in [0.2, 0.25) is 0 Å². The number of hydrogen-bond donors (Lipinski definition) is 2. The molecule has 2 N–H and O–H groups in total. The summed E-state index contributed by atoms with van der Waals surface area (Å²) in [5.74, 6) is 0.802. The van der Waals surface area contributed by atoms with Crippen LogP contribution < -0.4 is 5.32 Å². The lowest BCUT2D eigenvalue weighted by Gasteiger charge is -2.29. The molecule has 2 aliphatic rings. The number of amides is 1. The number of rotatable bonds is 4. The van der Waals surface area contributed by atoms with Crippen LogP contribution in [0, 0.1) is 17.2 Å². The highest BCUT2D eigenvalue weighted by atomic mass is 19.1. The van der Waals surface area contributed by atoms with Crippen LogP contribution in [0.25, 0.3) is 5.82 Å². The van der Waals surface area contributed by atoms with Crippen molar-refractivity contribution in [2.75, 3.05) is 6.61 Å². The number of aliphatic hydroxyl groups is 1. The van der Waals surface area contributed by atoms with Gasteiger partial charge in [-0.25, -0.2) is 14.1 Å². The number of aromatic nitrogens is 3. The summed E-state index contributed by atoms with van der Waals surface area (Å²) < 4.78 is 14.9. The highest BCUT2D eigenvalue weighted by molar-refractivity contribution is 5.94. The van der Waals surface area contributed by atoms with Crippen LogP contribution in [-0.2, 0) is 6.42 Å². The van der Waals surface area contributed by atoms with Crippen molar-refractivity contribution < 1.29 is 14.3 Å². The summed E-state index contributed by atoms with van der Waals surface area (Å²) in [5.41, 5.74) is 2.11. The summed E-state index contributed by atoms with van der Waals surface area (Å²) in [6.07, 6.45) is 3.09. The fraction of sp³-hybridized carbons (Fsp3) is 0.526. The third kappa shape index (κ3) is 2.80. The molecule has 0 aromatic carbocycles. The molecule has 1 fully saturated rings. The summed E-state index contributed by atoms with van der Waals surface area (Å²) >= 11 is 0. The number of carbonyl (C=O) groups is 1. The maximum atomic E-state index is 13.2. The van der Waals surface area contributed by atoms with Crippen LogP contribution in [0.5, 0.6) is 0 Å². The van der Waals surface area contributed by atoms with Gasteiger partial charge >= 0.3 is 0 Å². The Hall–Kier alpha value is -2.28. The van der Waals surface area contributed by atoms with E-state index in [2.05, 4.69) is 15.4 Å². The first-order valence-corrected chi connectivity index (χ1v) is 8.95. The van der Waals surface area contributed by atoms with Gasteiger partial charge in [0.25, 0.3) is 5.91 Å². The number of halogens is 1. The third-order valence-electron chi connectivity index (χ3n) is 5.44. The highest BCUT2D eigenvalue weighted by Crippen LogP contribution is 2.57. The SMILES string of the molecule is CC(C)(C)[C@@H](CO)NC(=O)c1nn(-c2ccc(F)cn2)c2c1C[C@H]1C[C@@H]21. The quantitative estimate of drug-likeness (QED) is 0.878. The standard InChI is InChI=1S/C19H23FN4O2/c1-19(2,3)14(9-25)22-18(26)16-13-7-10-6-12(10)17(13)24(23-16)15-5-4-11(20)8-21-15/h4-5,8,10,12,14,25H,6-7,9H2,1-3H3,(H,22,26)/t10-,12-,14-/m1/s1. The zero-order chi connectivity index (χ0) is 18.6. The van der Waals surface area contributed by atoms with Gasteiger partial charge in [-0.2, -0.15) is 5.10 Å². The van der Waals surface area contributed by atoms with E-state index >= 15 is 0 Å². The number of carbonyl (C=O) groups excluding carboxylic acids is 1. The van der Waals surface area contributed by atoms with Crippen LogP contribution >= 0.6 is 0 Å². The van der Waals surface area contributed by atoms with E-state index in [9.17, 15) is 14.3 Å². The molecule has 2 aliphatic carbocycles. The van der Waals surface area contributed by atoms with Gasteiger partial charge in [-0.3, -0.25) is 4.79 Å². The zero-order valence-electron chi connectivity index (χ0n) is 15.2. The van der Waals surface area contributed by atoms with E-state index in [0.29, 0.717) is 23.3 Å². The van der Waals surface area contributed by atoms with Crippen molar-refractivity contribution in [3.05, 3.63) is 41.1 Å². The number of pyridine rings is 1. The molecule has 138 valence electrons. The molecule has 0 saturated heterocycles. The van der Waals surface area contributed by atoms with Crippen LogP contribution in [0.1, 0.15) is 54.9 Å². The minimum atomic E-state index is -0.407. The Balaban J connectivity index is 1.70. The summed E-state index contributed by atoms with van der Waals surface area (Å²) in [5, 5.41) is 17.1. The number of hydrogen-bond acceptors (Lipinski definition) is 4. The van der Waals surface area contributed by atoms with Crippen LogP contribution in [-0.4, -0.2) is 38.4 Å². The molecule has 2 aromatic heterocycles. The Bertz CT molecular complexity index is 854. The van der Waals surface area contributed by atoms with Gasteiger partial charge in [0, 0.05) is 11.5 Å². The van der Waals surface area contributed by atoms with Crippen molar-refractivity contribution in [3.8, 4) is 5.82 Å². The lowest BCUT2D eigenvalue weighted by Crippen LogP contribution is -2.46. The average molecular weight is 358 g/mol. The summed E-state index contributed by atoms with van der Waals surface area (Å²) in [4.78, 5) is 17.0. The molecule has 1 saturated carbocycles. The Morgan fingerprint density at radius 1 is 1.46 bits per heavy atom. The number of fused-ring (bicyclic) bond motifs is 3. The summed E-state index contributed by atoms with van der Waals surface area (Å²) in [6, 6.07) is 2.55. The van der Waals surface area contributed by atoms with Gasteiger partial charge in [-0.05, 0) is 36.3 Å². The van der Waals surface area contributed by atoms with E-state index in [1.165, 1.54) is 6.07 Å². The molecule has 0 unspecified atom stereocenters. The molecule has 4 rings (SSSR count). The van der Waals surface area contributed by atoms with Gasteiger partial charge in [0.05, 0.1) is 24.5 Å². The van der Waals surface area contributed by atoms with Crippen molar-refractivity contribution in [2.45, 2.75) is 45.6 Å². The van der Waals surface area contributed by atoms with Crippen LogP contribution in [0.3, 0.4) is 0 Å². The maximum absolute atomic E-state index is 13.2. The Morgan fingerprint density at radius 2 is 2.23 bits per heavy atom. The second kappa shape index (κ2) is 5.87. The summed E-state index contributed by atoms with van der Waals surface area (Å²) in [6.45, 7) is 5.77. The van der Waals surface area contributed by atoms with Crippen molar-refractivity contribution in [2.24, 2.45) is 11.3 Å². The molecule has 1 amide bonds. The molecule has 0 bridgehead atoms. The molecule has 6 nitrogen and oxygen atoms in total. The van der Waals surface area contributed by atoms with E-state index in [1.807, 2.05) is 20.8 Å². The third-order valence-corrected chi connectivity index (χ3v) is 5.44. The lowest BCUT2D eigenvalue weighted by molar-refractivity contribution is 0.0841. The minimum absolute atomic E-state index is 0.136. The Morgan fingerprint density at radius 3 is 2.85 bits per heavy atom. The van der Waals surface area contributed by atoms with Gasteiger partial charge in [0.2, 0.25) is 0 Å². The van der Waals surface area contributed by atoms with Crippen molar-refractivity contribution in [3.63, 3.8) is 0 Å². The lowest BCUT2D eigenvalue weighted by atomic mass is 9.87. The predicted octanol–water partition coefficient (Wildman–Crippen LogP) is 2.20. The van der Waals surface area contributed by atoms with E-state index in [-0.39, 0.29) is 24.0 Å². The van der Waals surface area contributed by atoms with Crippen LogP contribution in [0.15, 0.2) is 18.3 Å². The Kier molecular flexibility index (Phi) is 3.87. The average Bonchev–Trinajstić information content (AvgIpc) is 3.08. The van der Waals surface area contributed by atoms with Gasteiger partial charge in [0.1, 0.15) is 5.82 Å². The second-order valence-corrected chi connectivity index (χ2v) is 8.34. The van der Waals surface area contributed by atoms with Gasteiger partial charge in [0.15, 0.2) is 11.5 Å². The molecular weight excluding hydrogens is 335 g/mol. The van der Waals surface area contributed by atoms with Gasteiger partial charge < -0.3 is 10.4 Å². The van der Waals surface area contributed by atoms with E-state index in [0.717, 1.165) is 30.3 Å². The normalized spacial score (nSPS) is 21.9. The molecule has 0 radical (unpaired) electrons. The maximum Gasteiger partial charge on any atom is 0.272 e. The smallest absolute Gasteiger partial charge is 0.272 e. The van der Waals surface area contributed by atoms with Crippen LogP contribution in [0.4, 0.5) is 4.39 Å². The van der Waals surface area contributed by atoms with Crippen molar-refractivity contribution >= 4 is 5.91 Å². The first-order valence-electron chi connectivity index (χ1n) is 8.95. The largest absolute Gasteiger partial charge is 0.394 e. The minimum Gasteiger partial charge on any atom is -0.394 e. The van der Waals surface area contributed by atoms with Gasteiger partial charge in [-0.1, -0.05) is 20.8 Å². The van der Waals surface area contributed by atoms with E-state index in [1.54, 1.807) is 10.7 Å². The molecule has 7 heteroatoms. The molecule has 2 heterocycles. The van der Waals surface area contributed by atoms with E-state index < -0.39 is 5.82 Å². The van der Waals surface area contributed by atoms with Crippen molar-refractivity contribution in [1.82, 2.24) is 20.1 Å². The fourth-order valence-electron chi connectivity index (χ4n) is 3.73. The molecule has 0 aliphatic heterocycles. The molecular formula is C19H23FN4O2. The van der Waals surface area contributed by atoms with Crippen molar-refractivity contribution in [1.29, 1.82) is 0 Å². The van der Waals surface area contributed by atoms with Gasteiger partial charge in [-0.15, -0.1) is 0 Å². The molecule has 3 atom stereocenters. The van der Waals surface area contributed by atoms with E-state index in [4.69, 9.17) is 0 Å². The number of nitrogens with one attached hydrogen (secondary N) is 1.